The largest absolute Gasteiger partial charge is 0.494 e. The van der Waals surface area contributed by atoms with Crippen LogP contribution in [0, 0.1) is 0 Å². The molecule has 4 heteroatoms. The van der Waals surface area contributed by atoms with Crippen molar-refractivity contribution in [1.82, 2.24) is 9.88 Å². The summed E-state index contributed by atoms with van der Waals surface area (Å²) in [5.41, 5.74) is 2.96. The fourth-order valence-corrected chi connectivity index (χ4v) is 3.73. The van der Waals surface area contributed by atoms with E-state index in [4.69, 9.17) is 14.5 Å². The SMILES string of the molecule is CCCOc1ccc(-c2cc(OC3CCCN(C)C3)c3ccccc3n2)cc1. The number of hydrogen-bond donors (Lipinski definition) is 0. The summed E-state index contributed by atoms with van der Waals surface area (Å²) in [6.45, 7) is 4.96. The summed E-state index contributed by atoms with van der Waals surface area (Å²) in [6.07, 6.45) is 3.50. The molecule has 146 valence electrons. The van der Waals surface area contributed by atoms with Crippen LogP contribution in [-0.2, 0) is 0 Å². The molecule has 1 aliphatic heterocycles. The highest BCUT2D eigenvalue weighted by Crippen LogP contribution is 2.32. The maximum absolute atomic E-state index is 6.47. The van der Waals surface area contributed by atoms with Gasteiger partial charge in [0.25, 0.3) is 0 Å². The van der Waals surface area contributed by atoms with Crippen LogP contribution in [0.2, 0.25) is 0 Å². The van der Waals surface area contributed by atoms with Crippen molar-refractivity contribution in [2.24, 2.45) is 0 Å². The smallest absolute Gasteiger partial charge is 0.131 e. The van der Waals surface area contributed by atoms with E-state index in [-0.39, 0.29) is 6.10 Å². The van der Waals surface area contributed by atoms with Crippen molar-refractivity contribution in [2.75, 3.05) is 26.7 Å². The van der Waals surface area contributed by atoms with Crippen LogP contribution in [0.25, 0.3) is 22.2 Å². The van der Waals surface area contributed by atoms with Crippen LogP contribution in [0.1, 0.15) is 26.2 Å². The van der Waals surface area contributed by atoms with Crippen molar-refractivity contribution in [3.8, 4) is 22.8 Å². The highest BCUT2D eigenvalue weighted by molar-refractivity contribution is 5.88. The fraction of sp³-hybridized carbons (Fsp3) is 0.375. The molecule has 1 aliphatic rings. The third-order valence-corrected chi connectivity index (χ3v) is 5.18. The molecule has 1 unspecified atom stereocenters. The third kappa shape index (κ3) is 4.28. The summed E-state index contributed by atoms with van der Waals surface area (Å²) in [4.78, 5) is 7.22. The monoisotopic (exact) mass is 376 g/mol. The number of aromatic nitrogens is 1. The summed E-state index contributed by atoms with van der Waals surface area (Å²) < 4.78 is 12.2. The van der Waals surface area contributed by atoms with Gasteiger partial charge in [-0.3, -0.25) is 0 Å². The number of pyridine rings is 1. The number of nitrogens with zero attached hydrogens (tertiary/aromatic N) is 2. The molecule has 1 atom stereocenters. The number of fused-ring (bicyclic) bond motifs is 1. The van der Waals surface area contributed by atoms with Gasteiger partial charge in [-0.15, -0.1) is 0 Å². The molecule has 0 bridgehead atoms. The van der Waals surface area contributed by atoms with Gasteiger partial charge in [-0.05, 0) is 69.3 Å². The van der Waals surface area contributed by atoms with Crippen LogP contribution in [0.5, 0.6) is 11.5 Å². The van der Waals surface area contributed by atoms with Crippen LogP contribution in [-0.4, -0.2) is 42.7 Å². The van der Waals surface area contributed by atoms with Gasteiger partial charge in [0.1, 0.15) is 17.6 Å². The summed E-state index contributed by atoms with van der Waals surface area (Å²) >= 11 is 0. The minimum Gasteiger partial charge on any atom is -0.494 e. The van der Waals surface area contributed by atoms with Gasteiger partial charge in [-0.1, -0.05) is 19.1 Å². The number of benzene rings is 2. The number of hydrogen-bond acceptors (Lipinski definition) is 4. The first-order valence-corrected chi connectivity index (χ1v) is 10.2. The zero-order chi connectivity index (χ0) is 19.3. The Hall–Kier alpha value is -2.59. The predicted octanol–water partition coefficient (Wildman–Crippen LogP) is 5.16. The van der Waals surface area contributed by atoms with Crippen LogP contribution in [0.4, 0.5) is 0 Å². The highest BCUT2D eigenvalue weighted by Gasteiger charge is 2.20. The Morgan fingerprint density at radius 3 is 2.71 bits per heavy atom. The molecule has 0 saturated carbocycles. The van der Waals surface area contributed by atoms with Gasteiger partial charge in [0, 0.05) is 23.6 Å². The summed E-state index contributed by atoms with van der Waals surface area (Å²) in [6, 6.07) is 18.5. The second-order valence-corrected chi connectivity index (χ2v) is 7.54. The quantitative estimate of drug-likeness (QED) is 0.595. The molecule has 1 fully saturated rings. The maximum atomic E-state index is 6.47. The van der Waals surface area contributed by atoms with Crippen molar-refractivity contribution in [2.45, 2.75) is 32.3 Å². The van der Waals surface area contributed by atoms with E-state index in [2.05, 4.69) is 49.2 Å². The molecular formula is C24H28N2O2. The number of likely N-dealkylation sites (tertiary alicyclic amines) is 1. The van der Waals surface area contributed by atoms with E-state index in [1.54, 1.807) is 0 Å². The number of ether oxygens (including phenoxy) is 2. The molecular weight excluding hydrogens is 348 g/mol. The predicted molar refractivity (Wildman–Crippen MR) is 114 cm³/mol. The Balaban J connectivity index is 1.65. The van der Waals surface area contributed by atoms with Crippen LogP contribution in [0.15, 0.2) is 54.6 Å². The Morgan fingerprint density at radius 1 is 1.11 bits per heavy atom. The number of para-hydroxylation sites is 1. The molecule has 0 radical (unpaired) electrons. The first-order valence-electron chi connectivity index (χ1n) is 10.2. The lowest BCUT2D eigenvalue weighted by Crippen LogP contribution is -2.38. The lowest BCUT2D eigenvalue weighted by atomic mass is 10.1. The normalized spacial score (nSPS) is 17.6. The summed E-state index contributed by atoms with van der Waals surface area (Å²) in [5.74, 6) is 1.82. The molecule has 0 N–H and O–H groups in total. The third-order valence-electron chi connectivity index (χ3n) is 5.18. The van der Waals surface area contributed by atoms with Gasteiger partial charge in [-0.2, -0.15) is 0 Å². The average molecular weight is 377 g/mol. The molecule has 4 nitrogen and oxygen atoms in total. The number of likely N-dealkylation sites (N-methyl/N-ethyl adjacent to an activating group) is 1. The van der Waals surface area contributed by atoms with Gasteiger partial charge in [0.2, 0.25) is 0 Å². The molecule has 1 saturated heterocycles. The van der Waals surface area contributed by atoms with Crippen molar-refractivity contribution < 1.29 is 9.47 Å². The second-order valence-electron chi connectivity index (χ2n) is 7.54. The fourth-order valence-electron chi connectivity index (χ4n) is 3.73. The lowest BCUT2D eigenvalue weighted by molar-refractivity contribution is 0.105. The van der Waals surface area contributed by atoms with Crippen LogP contribution >= 0.6 is 0 Å². The maximum Gasteiger partial charge on any atom is 0.131 e. The molecule has 4 rings (SSSR count). The van der Waals surface area contributed by atoms with Gasteiger partial charge < -0.3 is 14.4 Å². The van der Waals surface area contributed by atoms with E-state index in [1.807, 2.05) is 24.3 Å². The molecule has 2 aromatic carbocycles. The first-order chi connectivity index (χ1) is 13.7. The molecule has 28 heavy (non-hydrogen) atoms. The molecule has 1 aromatic heterocycles. The minimum absolute atomic E-state index is 0.224. The van der Waals surface area contributed by atoms with Gasteiger partial charge in [-0.25, -0.2) is 4.98 Å². The Labute approximate surface area is 167 Å². The van der Waals surface area contributed by atoms with Gasteiger partial charge in [0.15, 0.2) is 0 Å². The standard InChI is InChI=1S/C24H28N2O2/c1-3-15-27-19-12-10-18(11-13-19)23-16-24(21-8-4-5-9-22(21)25-23)28-20-7-6-14-26(2)17-20/h4-5,8-13,16,20H,3,6-7,14-15,17H2,1-2H3. The molecule has 0 aliphatic carbocycles. The van der Waals surface area contributed by atoms with Crippen LogP contribution in [0.3, 0.4) is 0 Å². The molecule has 0 amide bonds. The highest BCUT2D eigenvalue weighted by atomic mass is 16.5. The summed E-state index contributed by atoms with van der Waals surface area (Å²) in [7, 11) is 2.16. The number of piperidine rings is 1. The zero-order valence-electron chi connectivity index (χ0n) is 16.7. The van der Waals surface area contributed by atoms with Crippen molar-refractivity contribution in [3.63, 3.8) is 0 Å². The van der Waals surface area contributed by atoms with E-state index < -0.39 is 0 Å². The Bertz CT molecular complexity index is 924. The minimum atomic E-state index is 0.224. The lowest BCUT2D eigenvalue weighted by Gasteiger charge is -2.30. The van der Waals surface area contributed by atoms with E-state index in [1.165, 1.54) is 6.42 Å². The first kappa shape index (κ1) is 18.8. The second kappa shape index (κ2) is 8.61. The van der Waals surface area contributed by atoms with E-state index in [0.717, 1.165) is 66.2 Å². The number of rotatable bonds is 6. The molecule has 3 aromatic rings. The van der Waals surface area contributed by atoms with Crippen molar-refractivity contribution in [3.05, 3.63) is 54.6 Å². The van der Waals surface area contributed by atoms with Gasteiger partial charge >= 0.3 is 0 Å². The van der Waals surface area contributed by atoms with E-state index in [0.29, 0.717) is 0 Å². The van der Waals surface area contributed by atoms with E-state index in [9.17, 15) is 0 Å². The van der Waals surface area contributed by atoms with Gasteiger partial charge in [0.05, 0.1) is 17.8 Å². The van der Waals surface area contributed by atoms with Crippen molar-refractivity contribution in [1.29, 1.82) is 0 Å². The van der Waals surface area contributed by atoms with Crippen LogP contribution < -0.4 is 9.47 Å². The zero-order valence-corrected chi connectivity index (χ0v) is 16.7. The van der Waals surface area contributed by atoms with Crippen molar-refractivity contribution >= 4 is 10.9 Å². The molecule has 2 heterocycles. The topological polar surface area (TPSA) is 34.6 Å². The average Bonchev–Trinajstić information content (AvgIpc) is 2.72. The summed E-state index contributed by atoms with van der Waals surface area (Å²) in [5, 5.41) is 1.07. The molecule has 0 spiro atoms. The Morgan fingerprint density at radius 2 is 1.93 bits per heavy atom. The Kier molecular flexibility index (Phi) is 5.77. The van der Waals surface area contributed by atoms with E-state index >= 15 is 0 Å².